The quantitative estimate of drug-likeness (QED) is 0.421. The summed E-state index contributed by atoms with van der Waals surface area (Å²) in [7, 11) is 0. The Morgan fingerprint density at radius 1 is 1.30 bits per heavy atom. The maximum absolute atomic E-state index is 9.46. The van der Waals surface area contributed by atoms with Crippen LogP contribution >= 0.6 is 0 Å². The lowest BCUT2D eigenvalue weighted by Gasteiger charge is -2.32. The molecular weight excluding hydrogens is 338 g/mol. The van der Waals surface area contributed by atoms with Crippen LogP contribution in [0.3, 0.4) is 0 Å². The van der Waals surface area contributed by atoms with Crippen molar-refractivity contribution in [1.82, 2.24) is 4.90 Å². The molecule has 1 fully saturated rings. The van der Waals surface area contributed by atoms with Crippen LogP contribution in [0.5, 0.6) is 0 Å². The van der Waals surface area contributed by atoms with Crippen LogP contribution in [0.4, 0.5) is 0 Å². The average Bonchev–Trinajstić information content (AvgIpc) is 2.89. The molecule has 0 saturated carbocycles. The Morgan fingerprint density at radius 3 is 2.93 bits per heavy atom. The zero-order chi connectivity index (χ0) is 18.9. The fraction of sp³-hybridized carbons (Fsp3) is 0.636. The van der Waals surface area contributed by atoms with Gasteiger partial charge in [-0.3, -0.25) is 9.89 Å². The van der Waals surface area contributed by atoms with Crippen LogP contribution < -0.4 is 0 Å². The first-order valence-electron chi connectivity index (χ1n) is 10.4. The molecule has 27 heavy (non-hydrogen) atoms. The zero-order valence-corrected chi connectivity index (χ0v) is 16.5. The van der Waals surface area contributed by atoms with Gasteiger partial charge in [-0.15, -0.1) is 0 Å². The lowest BCUT2D eigenvalue weighted by atomic mass is 9.87. The van der Waals surface area contributed by atoms with Gasteiger partial charge in [-0.1, -0.05) is 42.0 Å². The molecule has 0 radical (unpaired) electrons. The SMILES string of the molecule is CC1C=CC(CC2CCN(CCO/N=C/C3=CCCC(O)N=C3)CC2)=CC1. The summed E-state index contributed by atoms with van der Waals surface area (Å²) in [5, 5.41) is 13.5. The van der Waals surface area contributed by atoms with Crippen molar-refractivity contribution < 1.29 is 9.94 Å². The molecule has 1 N–H and O–H groups in total. The molecular formula is C22H33N3O2. The Hall–Kier alpha value is -1.72. The third kappa shape index (κ3) is 7.07. The van der Waals surface area contributed by atoms with Gasteiger partial charge in [0.15, 0.2) is 0 Å². The first-order chi connectivity index (χ1) is 13.2. The van der Waals surface area contributed by atoms with Crippen LogP contribution in [0.25, 0.3) is 0 Å². The van der Waals surface area contributed by atoms with E-state index in [9.17, 15) is 5.11 Å². The number of aliphatic hydroxyl groups excluding tert-OH is 1. The van der Waals surface area contributed by atoms with Gasteiger partial charge in [-0.05, 0) is 63.5 Å². The van der Waals surface area contributed by atoms with E-state index in [1.165, 1.54) is 31.3 Å². The van der Waals surface area contributed by atoms with Gasteiger partial charge in [0.2, 0.25) is 0 Å². The van der Waals surface area contributed by atoms with Crippen LogP contribution in [0.2, 0.25) is 0 Å². The van der Waals surface area contributed by atoms with E-state index in [1.54, 1.807) is 12.4 Å². The molecule has 5 heteroatoms. The number of rotatable bonds is 7. The van der Waals surface area contributed by atoms with Crippen molar-refractivity contribution in [3.63, 3.8) is 0 Å². The van der Waals surface area contributed by atoms with Crippen LogP contribution in [-0.2, 0) is 4.84 Å². The van der Waals surface area contributed by atoms with E-state index >= 15 is 0 Å². The molecule has 5 nitrogen and oxygen atoms in total. The molecule has 0 amide bonds. The summed E-state index contributed by atoms with van der Waals surface area (Å²) in [6.07, 6.45) is 18.3. The van der Waals surface area contributed by atoms with Gasteiger partial charge in [0.1, 0.15) is 12.8 Å². The van der Waals surface area contributed by atoms with Gasteiger partial charge < -0.3 is 9.94 Å². The highest BCUT2D eigenvalue weighted by Crippen LogP contribution is 2.27. The Balaban J connectivity index is 1.29. The zero-order valence-electron chi connectivity index (χ0n) is 16.5. The molecule has 0 spiro atoms. The van der Waals surface area contributed by atoms with E-state index in [0.29, 0.717) is 18.9 Å². The molecule has 0 bridgehead atoms. The third-order valence-electron chi connectivity index (χ3n) is 5.60. The number of allylic oxidation sites excluding steroid dienone is 6. The van der Waals surface area contributed by atoms with Crippen molar-refractivity contribution in [3.8, 4) is 0 Å². The predicted molar refractivity (Wildman–Crippen MR) is 111 cm³/mol. The molecule has 0 aromatic heterocycles. The van der Waals surface area contributed by atoms with Gasteiger partial charge in [-0.25, -0.2) is 0 Å². The summed E-state index contributed by atoms with van der Waals surface area (Å²) in [6.45, 7) is 6.12. The highest BCUT2D eigenvalue weighted by atomic mass is 16.6. The number of aliphatic imine (C=N–C) groups is 1. The summed E-state index contributed by atoms with van der Waals surface area (Å²) in [6, 6.07) is 0. The monoisotopic (exact) mass is 371 g/mol. The van der Waals surface area contributed by atoms with Crippen molar-refractivity contribution in [2.24, 2.45) is 22.0 Å². The minimum Gasteiger partial charge on any atom is -0.394 e. The predicted octanol–water partition coefficient (Wildman–Crippen LogP) is 3.72. The normalized spacial score (nSPS) is 27.5. The Kier molecular flexibility index (Phi) is 7.84. The fourth-order valence-corrected chi connectivity index (χ4v) is 3.78. The molecule has 148 valence electrons. The van der Waals surface area contributed by atoms with Gasteiger partial charge in [0.05, 0.1) is 6.21 Å². The van der Waals surface area contributed by atoms with Crippen molar-refractivity contribution in [3.05, 3.63) is 35.5 Å². The average molecular weight is 372 g/mol. The van der Waals surface area contributed by atoms with Crippen molar-refractivity contribution in [2.75, 3.05) is 26.2 Å². The maximum atomic E-state index is 9.46. The smallest absolute Gasteiger partial charge is 0.145 e. The number of piperidine rings is 1. The number of likely N-dealkylation sites (tertiary alicyclic amines) is 1. The van der Waals surface area contributed by atoms with Crippen molar-refractivity contribution >= 4 is 12.4 Å². The molecule has 0 aromatic carbocycles. The topological polar surface area (TPSA) is 57.4 Å². The molecule has 2 aliphatic heterocycles. The first-order valence-corrected chi connectivity index (χ1v) is 10.4. The highest BCUT2D eigenvalue weighted by molar-refractivity contribution is 6.03. The minimum atomic E-state index is -0.593. The van der Waals surface area contributed by atoms with E-state index < -0.39 is 6.23 Å². The molecule has 2 heterocycles. The van der Waals surface area contributed by atoms with E-state index in [0.717, 1.165) is 37.5 Å². The number of aliphatic hydroxyl groups is 1. The summed E-state index contributed by atoms with van der Waals surface area (Å²) < 4.78 is 0. The van der Waals surface area contributed by atoms with Crippen LogP contribution in [0.1, 0.15) is 45.4 Å². The van der Waals surface area contributed by atoms with Crippen LogP contribution in [0.15, 0.2) is 45.6 Å². The Bertz CT molecular complexity index is 613. The largest absolute Gasteiger partial charge is 0.394 e. The summed E-state index contributed by atoms with van der Waals surface area (Å²) in [4.78, 5) is 11.9. The van der Waals surface area contributed by atoms with Crippen LogP contribution in [-0.4, -0.2) is 54.9 Å². The number of hydrogen-bond acceptors (Lipinski definition) is 5. The van der Waals surface area contributed by atoms with Crippen molar-refractivity contribution in [1.29, 1.82) is 0 Å². The summed E-state index contributed by atoms with van der Waals surface area (Å²) in [5.74, 6) is 1.53. The standard InChI is InChI=1S/C22H33N3O2/c1-18-5-7-19(8-6-18)15-20-9-11-25(12-10-20)13-14-27-24-17-21-3-2-4-22(26)23-16-21/h3,5,7-8,16-18,20,22,26H,2,4,6,9-15H2,1H3/b24-17+. The molecule has 0 aromatic rings. The van der Waals surface area contributed by atoms with Crippen molar-refractivity contribution in [2.45, 2.75) is 51.7 Å². The third-order valence-corrected chi connectivity index (χ3v) is 5.60. The summed E-state index contributed by atoms with van der Waals surface area (Å²) >= 11 is 0. The maximum Gasteiger partial charge on any atom is 0.145 e. The number of nitrogens with zero attached hydrogens (tertiary/aromatic N) is 3. The molecule has 2 atom stereocenters. The number of hydrogen-bond donors (Lipinski definition) is 1. The van der Waals surface area contributed by atoms with Crippen LogP contribution in [0, 0.1) is 11.8 Å². The van der Waals surface area contributed by atoms with Gasteiger partial charge in [0, 0.05) is 18.3 Å². The second-order valence-corrected chi connectivity index (χ2v) is 7.95. The fourth-order valence-electron chi connectivity index (χ4n) is 3.78. The van der Waals surface area contributed by atoms with Gasteiger partial charge in [0.25, 0.3) is 0 Å². The molecule has 3 aliphatic rings. The molecule has 1 saturated heterocycles. The lowest BCUT2D eigenvalue weighted by molar-refractivity contribution is 0.0943. The van der Waals surface area contributed by atoms with E-state index in [1.807, 2.05) is 6.08 Å². The number of oxime groups is 1. The van der Waals surface area contributed by atoms with E-state index in [4.69, 9.17) is 4.84 Å². The molecule has 3 rings (SSSR count). The minimum absolute atomic E-state index is 0.593. The first kappa shape index (κ1) is 20.0. The Morgan fingerprint density at radius 2 is 2.15 bits per heavy atom. The van der Waals surface area contributed by atoms with E-state index in [-0.39, 0.29) is 0 Å². The molecule has 1 aliphatic carbocycles. The van der Waals surface area contributed by atoms with E-state index in [2.05, 4.69) is 40.2 Å². The lowest BCUT2D eigenvalue weighted by Crippen LogP contribution is -2.35. The van der Waals surface area contributed by atoms with Gasteiger partial charge >= 0.3 is 0 Å². The second-order valence-electron chi connectivity index (χ2n) is 7.95. The highest BCUT2D eigenvalue weighted by Gasteiger charge is 2.20. The Labute approximate surface area is 163 Å². The van der Waals surface area contributed by atoms with Gasteiger partial charge in [-0.2, -0.15) is 0 Å². The molecule has 2 unspecified atom stereocenters. The summed E-state index contributed by atoms with van der Waals surface area (Å²) in [5.41, 5.74) is 2.43. The second kappa shape index (κ2) is 10.6.